The zero-order chi connectivity index (χ0) is 8.53. The Balaban J connectivity index is 3.96. The van der Waals surface area contributed by atoms with Gasteiger partial charge in [-0.3, -0.25) is 0 Å². The Labute approximate surface area is 68.7 Å². The van der Waals surface area contributed by atoms with Gasteiger partial charge in [0.05, 0.1) is 0 Å². The Hall–Kier alpha value is -1.05. The summed E-state index contributed by atoms with van der Waals surface area (Å²) in [6.45, 7) is 4.05. The molecule has 11 heavy (non-hydrogen) atoms. The van der Waals surface area contributed by atoms with Crippen LogP contribution in [0.25, 0.3) is 0 Å². The first-order valence-electron chi connectivity index (χ1n) is 3.88. The molecule has 0 aromatic heterocycles. The standard InChI is InChI=1S/C9H16N2/c1-4-6-8-11-9(10-3)7-5-2/h4,6-8,10H,5H2,1-3H3/b6-4-,9-7-,11-8-. The van der Waals surface area contributed by atoms with E-state index in [1.165, 1.54) is 0 Å². The number of hydrogen-bond donors (Lipinski definition) is 1. The molecule has 0 atom stereocenters. The van der Waals surface area contributed by atoms with Crippen LogP contribution in [0.4, 0.5) is 0 Å². The van der Waals surface area contributed by atoms with E-state index in [-0.39, 0.29) is 0 Å². The molecule has 0 aliphatic heterocycles. The van der Waals surface area contributed by atoms with Gasteiger partial charge in [-0.15, -0.1) is 0 Å². The molecule has 2 heteroatoms. The van der Waals surface area contributed by atoms with Gasteiger partial charge in [-0.25, -0.2) is 4.99 Å². The van der Waals surface area contributed by atoms with Crippen LogP contribution < -0.4 is 5.32 Å². The molecule has 0 aromatic carbocycles. The number of rotatable bonds is 4. The van der Waals surface area contributed by atoms with Crippen molar-refractivity contribution in [1.29, 1.82) is 0 Å². The van der Waals surface area contributed by atoms with Crippen molar-refractivity contribution in [3.8, 4) is 0 Å². The first-order chi connectivity index (χ1) is 5.35. The fraction of sp³-hybridized carbons (Fsp3) is 0.444. The number of nitrogens with zero attached hydrogens (tertiary/aromatic N) is 1. The van der Waals surface area contributed by atoms with Gasteiger partial charge in [-0.1, -0.05) is 13.0 Å². The lowest BCUT2D eigenvalue weighted by molar-refractivity contribution is 0.947. The van der Waals surface area contributed by atoms with Gasteiger partial charge in [0.15, 0.2) is 0 Å². The van der Waals surface area contributed by atoms with E-state index in [2.05, 4.69) is 17.2 Å². The Morgan fingerprint density at radius 2 is 2.27 bits per heavy atom. The Kier molecular flexibility index (Phi) is 6.39. The van der Waals surface area contributed by atoms with Crippen LogP contribution >= 0.6 is 0 Å². The highest BCUT2D eigenvalue weighted by molar-refractivity contribution is 5.71. The first-order valence-corrected chi connectivity index (χ1v) is 3.88. The summed E-state index contributed by atoms with van der Waals surface area (Å²) in [5, 5.41) is 2.99. The molecule has 0 unspecified atom stereocenters. The van der Waals surface area contributed by atoms with Gasteiger partial charge in [0, 0.05) is 13.3 Å². The lowest BCUT2D eigenvalue weighted by Gasteiger charge is -1.96. The second-order valence-electron chi connectivity index (χ2n) is 2.05. The average molecular weight is 152 g/mol. The first kappa shape index (κ1) is 9.95. The van der Waals surface area contributed by atoms with Crippen molar-refractivity contribution in [1.82, 2.24) is 5.32 Å². The Morgan fingerprint density at radius 1 is 1.55 bits per heavy atom. The minimum Gasteiger partial charge on any atom is -0.373 e. The van der Waals surface area contributed by atoms with E-state index in [1.807, 2.05) is 32.2 Å². The Bertz CT molecular complexity index is 166. The summed E-state index contributed by atoms with van der Waals surface area (Å²) >= 11 is 0. The number of hydrogen-bond acceptors (Lipinski definition) is 2. The van der Waals surface area contributed by atoms with Crippen LogP contribution in [-0.4, -0.2) is 13.3 Å². The quantitative estimate of drug-likeness (QED) is 0.613. The van der Waals surface area contributed by atoms with Crippen LogP contribution in [0.15, 0.2) is 29.0 Å². The fourth-order valence-electron chi connectivity index (χ4n) is 0.622. The molecule has 0 rings (SSSR count). The maximum Gasteiger partial charge on any atom is 0.121 e. The molecule has 0 radical (unpaired) electrons. The van der Waals surface area contributed by atoms with Crippen molar-refractivity contribution in [2.75, 3.05) is 7.05 Å². The van der Waals surface area contributed by atoms with Crippen molar-refractivity contribution in [2.45, 2.75) is 20.3 Å². The van der Waals surface area contributed by atoms with E-state index in [9.17, 15) is 0 Å². The van der Waals surface area contributed by atoms with Crippen molar-refractivity contribution in [3.05, 3.63) is 24.0 Å². The topological polar surface area (TPSA) is 24.4 Å². The molecule has 0 aliphatic rings. The van der Waals surface area contributed by atoms with Gasteiger partial charge in [0.1, 0.15) is 5.82 Å². The van der Waals surface area contributed by atoms with Crippen molar-refractivity contribution < 1.29 is 0 Å². The number of nitrogens with one attached hydrogen (secondary N) is 1. The summed E-state index contributed by atoms with van der Waals surface area (Å²) in [6, 6.07) is 0. The maximum absolute atomic E-state index is 4.16. The molecule has 0 heterocycles. The van der Waals surface area contributed by atoms with Gasteiger partial charge in [-0.05, 0) is 25.5 Å². The zero-order valence-corrected chi connectivity index (χ0v) is 7.46. The summed E-state index contributed by atoms with van der Waals surface area (Å²) in [5.41, 5.74) is 0. The summed E-state index contributed by atoms with van der Waals surface area (Å²) in [7, 11) is 1.87. The minimum atomic E-state index is 0.922. The van der Waals surface area contributed by atoms with E-state index in [0.29, 0.717) is 0 Å². The third-order valence-electron chi connectivity index (χ3n) is 1.15. The van der Waals surface area contributed by atoms with Crippen LogP contribution in [0.1, 0.15) is 20.3 Å². The van der Waals surface area contributed by atoms with E-state index >= 15 is 0 Å². The summed E-state index contributed by atoms with van der Waals surface area (Å²) in [5.74, 6) is 0.922. The average Bonchev–Trinajstić information content (AvgIpc) is 2.03. The predicted octanol–water partition coefficient (Wildman–Crippen LogP) is 2.10. The highest BCUT2D eigenvalue weighted by Gasteiger charge is 1.82. The predicted molar refractivity (Wildman–Crippen MR) is 50.7 cm³/mol. The molecule has 1 N–H and O–H groups in total. The van der Waals surface area contributed by atoms with Gasteiger partial charge >= 0.3 is 0 Å². The second kappa shape index (κ2) is 7.06. The lowest BCUT2D eigenvalue weighted by atomic mass is 10.4. The molecule has 62 valence electrons. The molecule has 0 saturated heterocycles. The van der Waals surface area contributed by atoms with E-state index in [4.69, 9.17) is 0 Å². The molecule has 0 fully saturated rings. The fourth-order valence-corrected chi connectivity index (χ4v) is 0.622. The van der Waals surface area contributed by atoms with Gasteiger partial charge < -0.3 is 5.32 Å². The van der Waals surface area contributed by atoms with Crippen molar-refractivity contribution >= 4 is 6.21 Å². The van der Waals surface area contributed by atoms with Crippen LogP contribution in [-0.2, 0) is 0 Å². The zero-order valence-electron chi connectivity index (χ0n) is 7.46. The third kappa shape index (κ3) is 5.40. The van der Waals surface area contributed by atoms with Gasteiger partial charge in [0.2, 0.25) is 0 Å². The minimum absolute atomic E-state index is 0.922. The summed E-state index contributed by atoms with van der Waals surface area (Å²) < 4.78 is 0. The summed E-state index contributed by atoms with van der Waals surface area (Å²) in [6.07, 6.45) is 8.67. The number of allylic oxidation sites excluding steroid dienone is 3. The molecule has 0 bridgehead atoms. The van der Waals surface area contributed by atoms with Crippen LogP contribution in [0.5, 0.6) is 0 Å². The molecule has 0 amide bonds. The van der Waals surface area contributed by atoms with Gasteiger partial charge in [0.25, 0.3) is 0 Å². The maximum atomic E-state index is 4.16. The smallest absolute Gasteiger partial charge is 0.121 e. The van der Waals surface area contributed by atoms with E-state index in [0.717, 1.165) is 12.2 Å². The molecule has 0 spiro atoms. The molecule has 0 saturated carbocycles. The van der Waals surface area contributed by atoms with Crippen molar-refractivity contribution in [3.63, 3.8) is 0 Å². The Morgan fingerprint density at radius 3 is 2.73 bits per heavy atom. The largest absolute Gasteiger partial charge is 0.373 e. The van der Waals surface area contributed by atoms with Crippen LogP contribution in [0, 0.1) is 0 Å². The highest BCUT2D eigenvalue weighted by Crippen LogP contribution is 1.91. The SMILES string of the molecule is C\C=C/C=N\C(=C/CC)NC. The molecule has 0 aromatic rings. The van der Waals surface area contributed by atoms with Crippen LogP contribution in [0.2, 0.25) is 0 Å². The molecule has 0 aliphatic carbocycles. The second-order valence-corrected chi connectivity index (χ2v) is 2.05. The number of aliphatic imine (C=N–C) groups is 1. The van der Waals surface area contributed by atoms with Crippen LogP contribution in [0.3, 0.4) is 0 Å². The monoisotopic (exact) mass is 152 g/mol. The normalized spacial score (nSPS) is 13.2. The highest BCUT2D eigenvalue weighted by atomic mass is 15.0. The molecular formula is C9H16N2. The van der Waals surface area contributed by atoms with E-state index in [1.54, 1.807) is 6.21 Å². The van der Waals surface area contributed by atoms with Crippen molar-refractivity contribution in [2.24, 2.45) is 4.99 Å². The third-order valence-corrected chi connectivity index (χ3v) is 1.15. The lowest BCUT2D eigenvalue weighted by Crippen LogP contribution is -2.02. The van der Waals surface area contributed by atoms with E-state index < -0.39 is 0 Å². The van der Waals surface area contributed by atoms with Gasteiger partial charge in [-0.2, -0.15) is 0 Å². The summed E-state index contributed by atoms with van der Waals surface area (Å²) in [4.78, 5) is 4.16. The molecular weight excluding hydrogens is 136 g/mol. The molecule has 2 nitrogen and oxygen atoms in total.